The second-order valence-corrected chi connectivity index (χ2v) is 11.6. The lowest BCUT2D eigenvalue weighted by Gasteiger charge is -2.59. The minimum absolute atomic E-state index is 0.0187. The number of aliphatic hydroxyl groups is 1. The molecule has 5 heteroatoms. The molecule has 1 aromatic carbocycles. The van der Waals surface area contributed by atoms with E-state index in [0.29, 0.717) is 27.8 Å². The quantitative estimate of drug-likeness (QED) is 0.560. The van der Waals surface area contributed by atoms with Crippen LogP contribution in [0.5, 0.6) is 0 Å². The predicted molar refractivity (Wildman–Crippen MR) is 126 cm³/mol. The lowest BCUT2D eigenvalue weighted by molar-refractivity contribution is -0.140. The first-order valence-corrected chi connectivity index (χ1v) is 12.2. The molecule has 1 N–H and O–H groups in total. The van der Waals surface area contributed by atoms with Crippen molar-refractivity contribution in [3.05, 3.63) is 51.5 Å². The largest absolute Gasteiger partial charge is 0.388 e. The number of hydrogen-bond acceptors (Lipinski definition) is 2. The Balaban J connectivity index is 1.48. The van der Waals surface area contributed by atoms with Crippen molar-refractivity contribution >= 4 is 35.2 Å². The van der Waals surface area contributed by atoms with E-state index in [2.05, 4.69) is 26.0 Å². The second kappa shape index (κ2) is 7.37. The standard InChI is InChI=1S/C26H31Cl2NO2/c1-25-9-7-23(30)29(3)22(25)5-4-19-20(25)6-8-26(2)21(19)13-16(24(26)31)10-15-11-17(27)14-18(28)12-15/h7,9-12,14,19-22,24,31H,4-6,8,13H2,1-3H3/b16-10+/t19-,20+,21+,22-,24+,25-,26+/m1/s1. The molecule has 1 heterocycles. The van der Waals surface area contributed by atoms with Gasteiger partial charge in [-0.05, 0) is 85.3 Å². The van der Waals surface area contributed by atoms with Gasteiger partial charge < -0.3 is 10.0 Å². The number of rotatable bonds is 1. The van der Waals surface area contributed by atoms with Crippen LogP contribution in [0.3, 0.4) is 0 Å². The number of benzene rings is 1. The van der Waals surface area contributed by atoms with Gasteiger partial charge in [0.05, 0.1) is 6.10 Å². The van der Waals surface area contributed by atoms with Crippen molar-refractivity contribution in [2.75, 3.05) is 7.05 Å². The molecule has 0 aromatic heterocycles. The Morgan fingerprint density at radius 3 is 2.52 bits per heavy atom. The molecule has 3 nitrogen and oxygen atoms in total. The number of aliphatic hydroxyl groups excluding tert-OH is 1. The molecule has 0 bridgehead atoms. The highest BCUT2D eigenvalue weighted by atomic mass is 35.5. The Morgan fingerprint density at radius 1 is 1.10 bits per heavy atom. The Bertz CT molecular complexity index is 967. The van der Waals surface area contributed by atoms with E-state index >= 15 is 0 Å². The fraction of sp³-hybridized carbons (Fsp3) is 0.577. The molecular weight excluding hydrogens is 429 g/mol. The zero-order chi connectivity index (χ0) is 22.1. The van der Waals surface area contributed by atoms with Gasteiger partial charge in [-0.3, -0.25) is 4.79 Å². The van der Waals surface area contributed by atoms with E-state index in [1.807, 2.05) is 24.1 Å². The molecule has 3 saturated carbocycles. The fourth-order valence-corrected chi connectivity index (χ4v) is 8.15. The van der Waals surface area contributed by atoms with Crippen LogP contribution in [0.15, 0.2) is 35.9 Å². The fourth-order valence-electron chi connectivity index (χ4n) is 7.61. The summed E-state index contributed by atoms with van der Waals surface area (Å²) in [4.78, 5) is 14.2. The second-order valence-electron chi connectivity index (χ2n) is 10.7. The van der Waals surface area contributed by atoms with Gasteiger partial charge in [0, 0.05) is 34.0 Å². The van der Waals surface area contributed by atoms with Crippen molar-refractivity contribution < 1.29 is 9.90 Å². The number of halogens is 2. The third-order valence-electron chi connectivity index (χ3n) is 9.23. The molecule has 3 aliphatic carbocycles. The van der Waals surface area contributed by atoms with E-state index in [9.17, 15) is 9.90 Å². The molecule has 4 aliphatic rings. The molecule has 0 unspecified atom stereocenters. The van der Waals surface area contributed by atoms with Gasteiger partial charge in [-0.2, -0.15) is 0 Å². The Hall–Kier alpha value is -1.29. The van der Waals surface area contributed by atoms with Crippen LogP contribution < -0.4 is 0 Å². The van der Waals surface area contributed by atoms with Crippen molar-refractivity contribution in [1.29, 1.82) is 0 Å². The number of carbonyl (C=O) groups is 1. The van der Waals surface area contributed by atoms with Crippen LogP contribution in [-0.2, 0) is 4.79 Å². The van der Waals surface area contributed by atoms with Crippen molar-refractivity contribution in [3.63, 3.8) is 0 Å². The summed E-state index contributed by atoms with van der Waals surface area (Å²) in [6.07, 6.45) is 10.8. The van der Waals surface area contributed by atoms with Crippen LogP contribution in [0.25, 0.3) is 6.08 Å². The first-order valence-electron chi connectivity index (χ1n) is 11.4. The van der Waals surface area contributed by atoms with Crippen LogP contribution in [0.1, 0.15) is 51.5 Å². The van der Waals surface area contributed by atoms with Crippen molar-refractivity contribution in [2.24, 2.45) is 28.6 Å². The summed E-state index contributed by atoms with van der Waals surface area (Å²) >= 11 is 12.4. The Morgan fingerprint density at radius 2 is 1.81 bits per heavy atom. The van der Waals surface area contributed by atoms with Crippen LogP contribution in [0, 0.1) is 28.6 Å². The Labute approximate surface area is 195 Å². The van der Waals surface area contributed by atoms with Gasteiger partial charge in [0.2, 0.25) is 5.91 Å². The topological polar surface area (TPSA) is 40.5 Å². The third kappa shape index (κ3) is 3.22. The molecule has 1 amide bonds. The minimum atomic E-state index is -0.437. The molecule has 1 aromatic rings. The van der Waals surface area contributed by atoms with Gasteiger partial charge in [0.15, 0.2) is 0 Å². The Kier molecular flexibility index (Phi) is 5.12. The van der Waals surface area contributed by atoms with E-state index in [-0.39, 0.29) is 22.8 Å². The van der Waals surface area contributed by atoms with Crippen LogP contribution in [0.2, 0.25) is 10.0 Å². The molecule has 5 rings (SSSR count). The lowest BCUT2D eigenvalue weighted by Crippen LogP contribution is -2.59. The summed E-state index contributed by atoms with van der Waals surface area (Å²) in [7, 11) is 1.96. The summed E-state index contributed by atoms with van der Waals surface area (Å²) in [6.45, 7) is 4.64. The summed E-state index contributed by atoms with van der Waals surface area (Å²) < 4.78 is 0. The van der Waals surface area contributed by atoms with Gasteiger partial charge in [0.25, 0.3) is 0 Å². The summed E-state index contributed by atoms with van der Waals surface area (Å²) in [5.41, 5.74) is 1.98. The average molecular weight is 460 g/mol. The number of nitrogens with zero attached hydrogens (tertiary/aromatic N) is 1. The lowest BCUT2D eigenvalue weighted by atomic mass is 9.48. The highest BCUT2D eigenvalue weighted by molar-refractivity contribution is 6.34. The van der Waals surface area contributed by atoms with E-state index in [4.69, 9.17) is 23.2 Å². The van der Waals surface area contributed by atoms with Gasteiger partial charge in [0.1, 0.15) is 0 Å². The number of amides is 1. The molecule has 3 fully saturated rings. The zero-order valence-electron chi connectivity index (χ0n) is 18.4. The van der Waals surface area contributed by atoms with Crippen molar-refractivity contribution in [2.45, 2.75) is 58.1 Å². The highest BCUT2D eigenvalue weighted by Gasteiger charge is 2.61. The average Bonchev–Trinajstić information content (AvgIpc) is 2.95. The van der Waals surface area contributed by atoms with E-state index in [1.165, 1.54) is 0 Å². The maximum atomic E-state index is 12.3. The van der Waals surface area contributed by atoms with E-state index in [0.717, 1.165) is 43.2 Å². The van der Waals surface area contributed by atoms with E-state index < -0.39 is 6.10 Å². The number of hydrogen-bond donors (Lipinski definition) is 1. The monoisotopic (exact) mass is 459 g/mol. The van der Waals surface area contributed by atoms with Crippen LogP contribution in [0.4, 0.5) is 0 Å². The number of fused-ring (bicyclic) bond motifs is 5. The maximum Gasteiger partial charge on any atom is 0.246 e. The molecule has 166 valence electrons. The summed E-state index contributed by atoms with van der Waals surface area (Å²) in [5.74, 6) is 1.69. The molecule has 31 heavy (non-hydrogen) atoms. The maximum absolute atomic E-state index is 12.3. The predicted octanol–water partition coefficient (Wildman–Crippen LogP) is 5.99. The zero-order valence-corrected chi connectivity index (χ0v) is 20.0. The van der Waals surface area contributed by atoms with E-state index in [1.54, 1.807) is 12.1 Å². The third-order valence-corrected chi connectivity index (χ3v) is 9.67. The normalized spacial score (nSPS) is 43.0. The summed E-state index contributed by atoms with van der Waals surface area (Å²) in [5, 5.41) is 12.6. The molecule has 0 radical (unpaired) electrons. The highest BCUT2D eigenvalue weighted by Crippen LogP contribution is 2.65. The minimum Gasteiger partial charge on any atom is -0.388 e. The smallest absolute Gasteiger partial charge is 0.246 e. The molecule has 0 saturated heterocycles. The summed E-state index contributed by atoms with van der Waals surface area (Å²) in [6, 6.07) is 5.84. The first kappa shape index (κ1) is 21.6. The molecule has 7 atom stereocenters. The van der Waals surface area contributed by atoms with Gasteiger partial charge >= 0.3 is 0 Å². The molecular formula is C26H31Cl2NO2. The van der Waals surface area contributed by atoms with Crippen LogP contribution in [-0.4, -0.2) is 35.1 Å². The van der Waals surface area contributed by atoms with Gasteiger partial charge in [-0.1, -0.05) is 49.2 Å². The van der Waals surface area contributed by atoms with Gasteiger partial charge in [-0.15, -0.1) is 0 Å². The number of likely N-dealkylation sites (N-methyl/N-ethyl adjacent to an activating group) is 1. The number of carbonyl (C=O) groups excluding carboxylic acids is 1. The van der Waals surface area contributed by atoms with Crippen molar-refractivity contribution in [1.82, 2.24) is 4.90 Å². The first-order chi connectivity index (χ1) is 14.6. The molecule has 1 aliphatic heterocycles. The van der Waals surface area contributed by atoms with Gasteiger partial charge in [-0.25, -0.2) is 0 Å². The molecule has 0 spiro atoms. The SMILES string of the molecule is CN1C(=O)C=C[C@]2(C)[C@H]3CC[C@]4(C)[C@@H](O)/C(=C/c5cc(Cl)cc(Cl)c5)C[C@H]4[C@@H]3CC[C@@H]12. The van der Waals surface area contributed by atoms with Crippen LogP contribution >= 0.6 is 23.2 Å². The van der Waals surface area contributed by atoms with Crippen molar-refractivity contribution in [3.8, 4) is 0 Å².